The molecule has 1 heterocycles. The number of hydrogen-bond donors (Lipinski definition) is 1. The first-order valence-electron chi connectivity index (χ1n) is 8.42. The number of nitrogens with one attached hydrogen (secondary N) is 1. The Kier molecular flexibility index (Phi) is 6.22. The van der Waals surface area contributed by atoms with Gasteiger partial charge in [0.25, 0.3) is 5.91 Å². The Morgan fingerprint density at radius 2 is 1.79 bits per heavy atom. The van der Waals surface area contributed by atoms with Gasteiger partial charge in [0.1, 0.15) is 5.82 Å². The fourth-order valence-corrected chi connectivity index (χ4v) is 3.99. The van der Waals surface area contributed by atoms with E-state index < -0.39 is 34.2 Å². The number of carbonyl (C=O) groups is 1. The van der Waals surface area contributed by atoms with E-state index in [2.05, 4.69) is 5.32 Å². The average Bonchev–Trinajstić information content (AvgIpc) is 2.68. The predicted molar refractivity (Wildman–Crippen MR) is 96.5 cm³/mol. The molecule has 0 aliphatic carbocycles. The van der Waals surface area contributed by atoms with Crippen molar-refractivity contribution in [2.45, 2.75) is 4.90 Å². The Morgan fingerprint density at radius 3 is 2.43 bits per heavy atom. The zero-order chi connectivity index (χ0) is 20.1. The highest BCUT2D eigenvalue weighted by Gasteiger charge is 2.26. The second kappa shape index (κ2) is 8.63. The number of anilines is 1. The van der Waals surface area contributed by atoms with E-state index in [1.54, 1.807) is 0 Å². The molecule has 0 saturated carbocycles. The lowest BCUT2D eigenvalue weighted by Gasteiger charge is -2.26. The molecule has 28 heavy (non-hydrogen) atoms. The fourth-order valence-electron chi connectivity index (χ4n) is 2.58. The van der Waals surface area contributed by atoms with E-state index in [0.717, 1.165) is 12.1 Å². The van der Waals surface area contributed by atoms with Crippen LogP contribution >= 0.6 is 0 Å². The van der Waals surface area contributed by atoms with Crippen LogP contribution in [-0.4, -0.2) is 51.5 Å². The lowest BCUT2D eigenvalue weighted by atomic mass is 10.3. The summed E-state index contributed by atoms with van der Waals surface area (Å²) in [6, 6.07) is 8.43. The van der Waals surface area contributed by atoms with Crippen molar-refractivity contribution in [1.29, 1.82) is 0 Å². The van der Waals surface area contributed by atoms with Gasteiger partial charge in [0.05, 0.1) is 18.1 Å². The second-order valence-electron chi connectivity index (χ2n) is 5.95. The topological polar surface area (TPSA) is 84.9 Å². The number of ether oxygens (including phenoxy) is 2. The summed E-state index contributed by atoms with van der Waals surface area (Å²) in [6.07, 6.45) is 0. The first kappa shape index (κ1) is 20.2. The van der Waals surface area contributed by atoms with Crippen LogP contribution in [0, 0.1) is 11.6 Å². The van der Waals surface area contributed by atoms with Crippen molar-refractivity contribution in [3.05, 3.63) is 54.1 Å². The number of nitrogens with zero attached hydrogens (tertiary/aromatic N) is 1. The van der Waals surface area contributed by atoms with Crippen LogP contribution in [-0.2, 0) is 19.6 Å². The van der Waals surface area contributed by atoms with E-state index in [-0.39, 0.29) is 23.7 Å². The van der Waals surface area contributed by atoms with Crippen molar-refractivity contribution < 1.29 is 31.5 Å². The second-order valence-corrected chi connectivity index (χ2v) is 7.89. The van der Waals surface area contributed by atoms with Crippen LogP contribution in [0.4, 0.5) is 14.5 Å². The van der Waals surface area contributed by atoms with E-state index >= 15 is 0 Å². The number of hydrogen-bond acceptors (Lipinski definition) is 5. The molecule has 0 bridgehead atoms. The highest BCUT2D eigenvalue weighted by molar-refractivity contribution is 7.89. The normalized spacial score (nSPS) is 15.2. The highest BCUT2D eigenvalue weighted by Crippen LogP contribution is 2.20. The van der Waals surface area contributed by atoms with E-state index in [1.165, 1.54) is 28.6 Å². The third-order valence-corrected chi connectivity index (χ3v) is 5.91. The fraction of sp³-hybridized carbons (Fsp3) is 0.278. The molecule has 1 fully saturated rings. The zero-order valence-electron chi connectivity index (χ0n) is 14.7. The van der Waals surface area contributed by atoms with Gasteiger partial charge in [-0.1, -0.05) is 0 Å². The van der Waals surface area contributed by atoms with E-state index in [9.17, 15) is 22.0 Å². The van der Waals surface area contributed by atoms with Crippen molar-refractivity contribution in [3.8, 4) is 5.75 Å². The SMILES string of the molecule is O=C(COc1ccc(F)cc1F)Nc1ccc(S(=O)(=O)N2CCOCC2)cc1. The molecule has 150 valence electrons. The van der Waals surface area contributed by atoms with Gasteiger partial charge in [-0.2, -0.15) is 4.31 Å². The number of benzene rings is 2. The minimum Gasteiger partial charge on any atom is -0.481 e. The Hall–Kier alpha value is -2.56. The van der Waals surface area contributed by atoms with Gasteiger partial charge in [0, 0.05) is 24.8 Å². The molecule has 1 aliphatic heterocycles. The maximum atomic E-state index is 13.5. The molecular formula is C18H18F2N2O5S. The van der Waals surface area contributed by atoms with E-state index in [0.29, 0.717) is 25.0 Å². The first-order valence-corrected chi connectivity index (χ1v) is 9.86. The Bertz CT molecular complexity index is 945. The summed E-state index contributed by atoms with van der Waals surface area (Å²) in [5.74, 6) is -2.48. The molecule has 7 nitrogen and oxygen atoms in total. The van der Waals surface area contributed by atoms with Gasteiger partial charge in [0.2, 0.25) is 10.0 Å². The molecule has 0 unspecified atom stereocenters. The molecule has 0 spiro atoms. The molecule has 1 aliphatic rings. The van der Waals surface area contributed by atoms with E-state index in [4.69, 9.17) is 9.47 Å². The zero-order valence-corrected chi connectivity index (χ0v) is 15.5. The highest BCUT2D eigenvalue weighted by atomic mass is 32.2. The maximum Gasteiger partial charge on any atom is 0.262 e. The molecule has 0 radical (unpaired) electrons. The van der Waals surface area contributed by atoms with Crippen LogP contribution in [0.25, 0.3) is 0 Å². The summed E-state index contributed by atoms with van der Waals surface area (Å²) in [6.45, 7) is 0.788. The molecule has 0 aromatic heterocycles. The van der Waals surface area contributed by atoms with Crippen LogP contribution in [0.3, 0.4) is 0 Å². The number of halogens is 2. The smallest absolute Gasteiger partial charge is 0.262 e. The number of amides is 1. The summed E-state index contributed by atoms with van der Waals surface area (Å²) >= 11 is 0. The number of rotatable bonds is 6. The lowest BCUT2D eigenvalue weighted by Crippen LogP contribution is -2.40. The summed E-state index contributed by atoms with van der Waals surface area (Å²) < 4.78 is 62.9. The number of morpholine rings is 1. The Balaban J connectivity index is 1.58. The molecule has 1 amide bonds. The summed E-state index contributed by atoms with van der Waals surface area (Å²) in [5, 5.41) is 2.51. The molecule has 0 atom stereocenters. The van der Waals surface area contributed by atoms with E-state index in [1.807, 2.05) is 0 Å². The van der Waals surface area contributed by atoms with Crippen LogP contribution < -0.4 is 10.1 Å². The summed E-state index contributed by atoms with van der Waals surface area (Å²) in [4.78, 5) is 12.0. The van der Waals surface area contributed by atoms with Gasteiger partial charge in [-0.15, -0.1) is 0 Å². The molecular weight excluding hydrogens is 394 g/mol. The Morgan fingerprint density at radius 1 is 1.11 bits per heavy atom. The first-order chi connectivity index (χ1) is 13.4. The van der Waals surface area contributed by atoms with Crippen molar-refractivity contribution in [2.75, 3.05) is 38.2 Å². The van der Waals surface area contributed by atoms with Crippen molar-refractivity contribution >= 4 is 21.6 Å². The van der Waals surface area contributed by atoms with Gasteiger partial charge in [-0.25, -0.2) is 17.2 Å². The van der Waals surface area contributed by atoms with Gasteiger partial charge >= 0.3 is 0 Å². The molecule has 10 heteroatoms. The molecule has 2 aromatic carbocycles. The Labute approximate surface area is 160 Å². The quantitative estimate of drug-likeness (QED) is 0.785. The molecule has 2 aromatic rings. The summed E-state index contributed by atoms with van der Waals surface area (Å²) in [7, 11) is -3.62. The minimum atomic E-state index is -3.62. The average molecular weight is 412 g/mol. The summed E-state index contributed by atoms with van der Waals surface area (Å²) in [5.41, 5.74) is 0.356. The monoisotopic (exact) mass is 412 g/mol. The largest absolute Gasteiger partial charge is 0.481 e. The van der Waals surface area contributed by atoms with Gasteiger partial charge in [-0.05, 0) is 36.4 Å². The van der Waals surface area contributed by atoms with Crippen LogP contribution in [0.2, 0.25) is 0 Å². The predicted octanol–water partition coefficient (Wildman–Crippen LogP) is 2.00. The maximum absolute atomic E-state index is 13.5. The van der Waals surface area contributed by atoms with Crippen LogP contribution in [0.1, 0.15) is 0 Å². The van der Waals surface area contributed by atoms with Crippen LogP contribution in [0.15, 0.2) is 47.4 Å². The van der Waals surface area contributed by atoms with Gasteiger partial charge < -0.3 is 14.8 Å². The van der Waals surface area contributed by atoms with Gasteiger partial charge in [0.15, 0.2) is 18.2 Å². The third-order valence-electron chi connectivity index (χ3n) is 4.00. The minimum absolute atomic E-state index is 0.108. The molecule has 1 saturated heterocycles. The standard InChI is InChI=1S/C18H18F2N2O5S/c19-13-1-6-17(16(20)11-13)27-12-18(23)21-14-2-4-15(5-3-14)28(24,25)22-7-9-26-10-8-22/h1-6,11H,7-10,12H2,(H,21,23). The van der Waals surface area contributed by atoms with Crippen molar-refractivity contribution in [2.24, 2.45) is 0 Å². The van der Waals surface area contributed by atoms with Crippen molar-refractivity contribution in [3.63, 3.8) is 0 Å². The number of sulfonamides is 1. The molecule has 1 N–H and O–H groups in total. The number of carbonyl (C=O) groups excluding carboxylic acids is 1. The molecule has 3 rings (SSSR count). The van der Waals surface area contributed by atoms with Crippen LogP contribution in [0.5, 0.6) is 5.75 Å². The van der Waals surface area contributed by atoms with Crippen molar-refractivity contribution in [1.82, 2.24) is 4.31 Å². The van der Waals surface area contributed by atoms with Gasteiger partial charge in [-0.3, -0.25) is 4.79 Å². The lowest BCUT2D eigenvalue weighted by molar-refractivity contribution is -0.118. The third kappa shape index (κ3) is 4.83.